The minimum Gasteiger partial charge on any atom is -0.437 e. The van der Waals surface area contributed by atoms with Crippen molar-refractivity contribution in [2.24, 2.45) is 0 Å². The Bertz CT molecular complexity index is 205. The van der Waals surface area contributed by atoms with E-state index in [0.29, 0.717) is 6.61 Å². The maximum atomic E-state index is 6.36. The fourth-order valence-electron chi connectivity index (χ4n) is 1.91. The average molecular weight is 294 g/mol. The second-order valence-corrected chi connectivity index (χ2v) is 19.4. The first-order valence-corrected chi connectivity index (χ1v) is 15.6. The van der Waals surface area contributed by atoms with Crippen molar-refractivity contribution in [3.8, 4) is 0 Å². The Balaban J connectivity index is 4.57. The zero-order valence-corrected chi connectivity index (χ0v) is 15.6. The van der Waals surface area contributed by atoms with Gasteiger partial charge in [0.05, 0.1) is 7.11 Å². The third-order valence-electron chi connectivity index (χ3n) is 1.96. The van der Waals surface area contributed by atoms with Gasteiger partial charge >= 0.3 is 8.56 Å². The summed E-state index contributed by atoms with van der Waals surface area (Å²) >= 11 is 0. The predicted octanol–water partition coefficient (Wildman–Crippen LogP) is 3.96. The van der Waals surface area contributed by atoms with Crippen LogP contribution in [0.3, 0.4) is 0 Å². The predicted molar refractivity (Wildman–Crippen MR) is 81.2 cm³/mol. The molecule has 0 N–H and O–H groups in total. The Morgan fingerprint density at radius 2 is 1.24 bits per heavy atom. The maximum absolute atomic E-state index is 6.36. The average Bonchev–Trinajstić information content (AvgIpc) is 1.96. The molecular weight excluding hydrogens is 264 g/mol. The molecule has 3 nitrogen and oxygen atoms in total. The molecule has 0 heterocycles. The van der Waals surface area contributed by atoms with Gasteiger partial charge in [0.15, 0.2) is 16.6 Å². The van der Waals surface area contributed by atoms with E-state index in [2.05, 4.69) is 52.9 Å². The van der Waals surface area contributed by atoms with Crippen LogP contribution < -0.4 is 0 Å². The van der Waals surface area contributed by atoms with Gasteiger partial charge in [0, 0.05) is 6.61 Å². The highest BCUT2D eigenvalue weighted by molar-refractivity contribution is 6.87. The first kappa shape index (κ1) is 17.5. The van der Waals surface area contributed by atoms with Crippen LogP contribution in [0.25, 0.3) is 0 Å². The third-order valence-corrected chi connectivity index (χ3v) is 11.6. The molecule has 0 aliphatic heterocycles. The first-order valence-electron chi connectivity index (χ1n) is 6.25. The monoisotopic (exact) mass is 293 g/mol. The van der Waals surface area contributed by atoms with Gasteiger partial charge in [-0.15, -0.1) is 0 Å². The van der Waals surface area contributed by atoms with Gasteiger partial charge in [-0.2, -0.15) is 0 Å². The molecule has 0 aromatic carbocycles. The molecule has 0 bridgehead atoms. The zero-order valence-electron chi connectivity index (χ0n) is 12.6. The van der Waals surface area contributed by atoms with E-state index >= 15 is 0 Å². The van der Waals surface area contributed by atoms with Gasteiger partial charge in [-0.3, -0.25) is 0 Å². The highest BCUT2D eigenvalue weighted by Crippen LogP contribution is 2.25. The van der Waals surface area contributed by atoms with E-state index in [4.69, 9.17) is 13.0 Å². The Kier molecular flexibility index (Phi) is 6.83. The van der Waals surface area contributed by atoms with E-state index in [1.165, 1.54) is 0 Å². The molecule has 0 aromatic heterocycles. The molecule has 0 saturated heterocycles. The van der Waals surface area contributed by atoms with Crippen molar-refractivity contribution >= 4 is 25.2 Å². The van der Waals surface area contributed by atoms with Crippen molar-refractivity contribution in [3.05, 3.63) is 7.11 Å². The molecule has 0 saturated carbocycles. The standard InChI is InChI=1S/C11H29O3Si3/c1-12-10-9-11-17(8,13-15(2,3)4)14-16(5,6)7/h1,9-11H2,2-8H3. The highest BCUT2D eigenvalue weighted by Gasteiger charge is 2.39. The van der Waals surface area contributed by atoms with Crippen LogP contribution in [0.4, 0.5) is 0 Å². The largest absolute Gasteiger partial charge is 0.437 e. The molecule has 0 aliphatic carbocycles. The van der Waals surface area contributed by atoms with Crippen LogP contribution in [0.1, 0.15) is 6.42 Å². The van der Waals surface area contributed by atoms with Crippen LogP contribution in [0, 0.1) is 7.11 Å². The van der Waals surface area contributed by atoms with Crippen LogP contribution in [0.5, 0.6) is 0 Å². The summed E-state index contributed by atoms with van der Waals surface area (Å²) in [5.41, 5.74) is 0. The fourth-order valence-corrected chi connectivity index (χ4v) is 14.4. The Labute approximate surface area is 110 Å². The lowest BCUT2D eigenvalue weighted by molar-refractivity contribution is 0.238. The molecule has 0 spiro atoms. The molecule has 0 aliphatic rings. The highest BCUT2D eigenvalue weighted by atomic mass is 28.5. The van der Waals surface area contributed by atoms with Crippen LogP contribution in [-0.2, 0) is 13.0 Å². The second kappa shape index (κ2) is 6.63. The van der Waals surface area contributed by atoms with E-state index < -0.39 is 25.2 Å². The number of rotatable bonds is 8. The van der Waals surface area contributed by atoms with Gasteiger partial charge < -0.3 is 13.0 Å². The number of ether oxygens (including phenoxy) is 1. The Hall–Kier alpha value is 0.531. The van der Waals surface area contributed by atoms with Gasteiger partial charge in [0.2, 0.25) is 0 Å². The van der Waals surface area contributed by atoms with Gasteiger partial charge in [-0.05, 0) is 58.3 Å². The quantitative estimate of drug-likeness (QED) is 0.501. The van der Waals surface area contributed by atoms with Crippen molar-refractivity contribution < 1.29 is 13.0 Å². The maximum Gasteiger partial charge on any atom is 0.314 e. The Morgan fingerprint density at radius 1 is 0.824 bits per heavy atom. The van der Waals surface area contributed by atoms with Crippen molar-refractivity contribution in [2.75, 3.05) is 6.61 Å². The van der Waals surface area contributed by atoms with E-state index in [0.717, 1.165) is 12.5 Å². The topological polar surface area (TPSA) is 27.7 Å². The summed E-state index contributed by atoms with van der Waals surface area (Å²) in [6, 6.07) is 0.997. The summed E-state index contributed by atoms with van der Waals surface area (Å²) in [4.78, 5) is 0. The summed E-state index contributed by atoms with van der Waals surface area (Å²) in [6.07, 6.45) is 0.973. The van der Waals surface area contributed by atoms with E-state index in [-0.39, 0.29) is 0 Å². The van der Waals surface area contributed by atoms with Crippen molar-refractivity contribution in [1.29, 1.82) is 0 Å². The molecular formula is C11H29O3Si3. The van der Waals surface area contributed by atoms with Gasteiger partial charge in [-0.25, -0.2) is 0 Å². The molecule has 0 rings (SSSR count). The second-order valence-electron chi connectivity index (χ2n) is 6.57. The first-order chi connectivity index (χ1) is 7.47. The molecule has 0 amide bonds. The summed E-state index contributed by atoms with van der Waals surface area (Å²) in [6.45, 7) is 16.2. The summed E-state index contributed by atoms with van der Waals surface area (Å²) < 4.78 is 17.6. The molecule has 0 aromatic rings. The lowest BCUT2D eigenvalue weighted by Gasteiger charge is -2.38. The van der Waals surface area contributed by atoms with E-state index in [1.807, 2.05) is 0 Å². The number of hydrogen-bond acceptors (Lipinski definition) is 3. The SMILES string of the molecule is [CH2]OCCC[Si](C)(O[Si](C)(C)C)O[Si](C)(C)C. The molecule has 103 valence electrons. The molecule has 6 heteroatoms. The van der Waals surface area contributed by atoms with Gasteiger partial charge in [0.1, 0.15) is 0 Å². The van der Waals surface area contributed by atoms with Crippen molar-refractivity contribution in [3.63, 3.8) is 0 Å². The van der Waals surface area contributed by atoms with E-state index in [9.17, 15) is 0 Å². The lowest BCUT2D eigenvalue weighted by atomic mass is 10.5. The fraction of sp³-hybridized carbons (Fsp3) is 0.909. The Morgan fingerprint density at radius 3 is 1.53 bits per heavy atom. The molecule has 0 unspecified atom stereocenters. The van der Waals surface area contributed by atoms with Gasteiger partial charge in [-0.1, -0.05) is 0 Å². The van der Waals surface area contributed by atoms with Crippen LogP contribution in [0.15, 0.2) is 0 Å². The third kappa shape index (κ3) is 10.2. The smallest absolute Gasteiger partial charge is 0.314 e. The van der Waals surface area contributed by atoms with Crippen LogP contribution in [-0.4, -0.2) is 31.8 Å². The minimum absolute atomic E-state index is 0.687. The van der Waals surface area contributed by atoms with Crippen molar-refractivity contribution in [1.82, 2.24) is 0 Å². The summed E-state index contributed by atoms with van der Waals surface area (Å²) in [7, 11) is -1.74. The number of hydrogen-bond donors (Lipinski definition) is 0. The summed E-state index contributed by atoms with van der Waals surface area (Å²) in [5.74, 6) is 0. The van der Waals surface area contributed by atoms with Crippen LogP contribution >= 0.6 is 0 Å². The minimum atomic E-state index is -2.04. The molecule has 0 atom stereocenters. The summed E-state index contributed by atoms with van der Waals surface area (Å²) in [5, 5.41) is 0. The molecule has 17 heavy (non-hydrogen) atoms. The lowest BCUT2D eigenvalue weighted by Crippen LogP contribution is -2.52. The van der Waals surface area contributed by atoms with Crippen LogP contribution in [0.2, 0.25) is 51.9 Å². The molecule has 0 fully saturated rings. The van der Waals surface area contributed by atoms with Gasteiger partial charge in [0.25, 0.3) is 0 Å². The normalized spacial score (nSPS) is 14.1. The van der Waals surface area contributed by atoms with E-state index in [1.54, 1.807) is 0 Å². The zero-order chi connectivity index (χ0) is 13.7. The van der Waals surface area contributed by atoms with Crippen molar-refractivity contribution in [2.45, 2.75) is 58.3 Å². The molecule has 1 radical (unpaired) electrons.